The topological polar surface area (TPSA) is 59.1 Å². The van der Waals surface area contributed by atoms with Crippen molar-refractivity contribution in [1.29, 1.82) is 0 Å². The Morgan fingerprint density at radius 3 is 2.75 bits per heavy atom. The van der Waals surface area contributed by atoms with E-state index < -0.39 is 0 Å². The van der Waals surface area contributed by atoms with Crippen LogP contribution >= 0.6 is 0 Å². The molecule has 0 spiro atoms. The van der Waals surface area contributed by atoms with E-state index in [2.05, 4.69) is 27.5 Å². The van der Waals surface area contributed by atoms with Crippen LogP contribution in [0.1, 0.15) is 13.3 Å². The van der Waals surface area contributed by atoms with Gasteiger partial charge in [0.2, 0.25) is 0 Å². The third-order valence-electron chi connectivity index (χ3n) is 2.66. The molecule has 0 aliphatic rings. The number of aromatic nitrogens is 2. The Morgan fingerprint density at radius 2 is 2.00 bits per heavy atom. The fourth-order valence-electron chi connectivity index (χ4n) is 1.64. The van der Waals surface area contributed by atoms with Crippen molar-refractivity contribution in [2.75, 3.05) is 24.3 Å². The highest BCUT2D eigenvalue weighted by Gasteiger charge is 2.06. The first-order chi connectivity index (χ1) is 9.72. The molecule has 0 bridgehead atoms. The van der Waals surface area contributed by atoms with Crippen LogP contribution < -0.4 is 15.4 Å². The smallest absolute Gasteiger partial charge is 0.146 e. The van der Waals surface area contributed by atoms with Gasteiger partial charge in [0.15, 0.2) is 0 Å². The van der Waals surface area contributed by atoms with Gasteiger partial charge in [-0.3, -0.25) is 0 Å². The van der Waals surface area contributed by atoms with Gasteiger partial charge >= 0.3 is 0 Å². The number of anilines is 3. The van der Waals surface area contributed by atoms with Crippen molar-refractivity contribution in [3.8, 4) is 5.75 Å². The fraction of sp³-hybridized carbons (Fsp3) is 0.286. The van der Waals surface area contributed by atoms with Gasteiger partial charge in [-0.25, -0.2) is 14.4 Å². The third kappa shape index (κ3) is 3.57. The minimum Gasteiger partial charge on any atom is -0.497 e. The SMILES string of the molecule is CCCNc1cc(Nc2cc(OC)ccc2F)ncn1. The molecule has 0 amide bonds. The molecule has 1 aromatic carbocycles. The maximum Gasteiger partial charge on any atom is 0.146 e. The Hall–Kier alpha value is -2.37. The lowest BCUT2D eigenvalue weighted by Crippen LogP contribution is -2.04. The van der Waals surface area contributed by atoms with Crippen molar-refractivity contribution in [2.24, 2.45) is 0 Å². The van der Waals surface area contributed by atoms with E-state index in [1.807, 2.05) is 0 Å². The van der Waals surface area contributed by atoms with Crippen LogP contribution in [0.3, 0.4) is 0 Å². The summed E-state index contributed by atoms with van der Waals surface area (Å²) in [6.45, 7) is 2.89. The molecule has 2 aromatic rings. The summed E-state index contributed by atoms with van der Waals surface area (Å²) in [5, 5.41) is 6.07. The third-order valence-corrected chi connectivity index (χ3v) is 2.66. The van der Waals surface area contributed by atoms with E-state index in [0.29, 0.717) is 23.1 Å². The van der Waals surface area contributed by atoms with Crippen molar-refractivity contribution in [1.82, 2.24) is 9.97 Å². The zero-order valence-electron chi connectivity index (χ0n) is 11.5. The molecule has 2 N–H and O–H groups in total. The van der Waals surface area contributed by atoms with E-state index in [1.54, 1.807) is 18.2 Å². The van der Waals surface area contributed by atoms with Crippen LogP contribution in [0.25, 0.3) is 0 Å². The van der Waals surface area contributed by atoms with Gasteiger partial charge in [-0.15, -0.1) is 0 Å². The summed E-state index contributed by atoms with van der Waals surface area (Å²) in [4.78, 5) is 8.16. The Kier molecular flexibility index (Phi) is 4.70. The zero-order chi connectivity index (χ0) is 14.4. The lowest BCUT2D eigenvalue weighted by Gasteiger charge is -2.10. The lowest BCUT2D eigenvalue weighted by atomic mass is 10.3. The summed E-state index contributed by atoms with van der Waals surface area (Å²) in [6.07, 6.45) is 2.43. The van der Waals surface area contributed by atoms with Crippen molar-refractivity contribution in [3.63, 3.8) is 0 Å². The zero-order valence-corrected chi connectivity index (χ0v) is 11.5. The number of benzene rings is 1. The van der Waals surface area contributed by atoms with Gasteiger partial charge in [-0.05, 0) is 18.6 Å². The van der Waals surface area contributed by atoms with E-state index in [-0.39, 0.29) is 5.82 Å². The van der Waals surface area contributed by atoms with Crippen molar-refractivity contribution in [2.45, 2.75) is 13.3 Å². The van der Waals surface area contributed by atoms with Gasteiger partial charge in [-0.1, -0.05) is 6.92 Å². The fourth-order valence-corrected chi connectivity index (χ4v) is 1.64. The van der Waals surface area contributed by atoms with Gasteiger partial charge < -0.3 is 15.4 Å². The first-order valence-electron chi connectivity index (χ1n) is 6.39. The second kappa shape index (κ2) is 6.70. The number of halogens is 1. The first-order valence-corrected chi connectivity index (χ1v) is 6.39. The van der Waals surface area contributed by atoms with Gasteiger partial charge in [0.1, 0.15) is 29.5 Å². The second-order valence-electron chi connectivity index (χ2n) is 4.19. The van der Waals surface area contributed by atoms with Gasteiger partial charge in [0.25, 0.3) is 0 Å². The highest BCUT2D eigenvalue weighted by atomic mass is 19.1. The van der Waals surface area contributed by atoms with Crippen molar-refractivity contribution in [3.05, 3.63) is 36.4 Å². The maximum absolute atomic E-state index is 13.7. The Morgan fingerprint density at radius 1 is 1.20 bits per heavy atom. The van der Waals surface area contributed by atoms with E-state index in [0.717, 1.165) is 13.0 Å². The predicted molar refractivity (Wildman–Crippen MR) is 77.0 cm³/mol. The van der Waals surface area contributed by atoms with E-state index >= 15 is 0 Å². The molecule has 5 nitrogen and oxygen atoms in total. The quantitative estimate of drug-likeness (QED) is 0.848. The molecule has 0 saturated carbocycles. The molecule has 6 heteroatoms. The normalized spacial score (nSPS) is 10.2. The molecule has 0 saturated heterocycles. The van der Waals surface area contributed by atoms with E-state index in [1.165, 1.54) is 19.5 Å². The number of nitrogens with zero attached hydrogens (tertiary/aromatic N) is 2. The summed E-state index contributed by atoms with van der Waals surface area (Å²) < 4.78 is 18.8. The Labute approximate surface area is 117 Å². The molecular formula is C14H17FN4O. The second-order valence-corrected chi connectivity index (χ2v) is 4.19. The van der Waals surface area contributed by atoms with Crippen LogP contribution in [-0.4, -0.2) is 23.6 Å². The molecule has 0 aliphatic carbocycles. The van der Waals surface area contributed by atoms with Crippen LogP contribution in [0, 0.1) is 5.82 Å². The summed E-state index contributed by atoms with van der Waals surface area (Å²) in [7, 11) is 1.54. The standard InChI is InChI=1S/C14H17FN4O/c1-3-6-16-13-8-14(18-9-17-13)19-12-7-10(20-2)4-5-11(12)15/h4-5,7-9H,3,6H2,1-2H3,(H2,16,17,18,19). The molecular weight excluding hydrogens is 259 g/mol. The number of rotatable bonds is 6. The molecule has 0 aliphatic heterocycles. The number of hydrogen-bond donors (Lipinski definition) is 2. The monoisotopic (exact) mass is 276 g/mol. The van der Waals surface area contributed by atoms with Gasteiger partial charge in [-0.2, -0.15) is 0 Å². The molecule has 0 fully saturated rings. The van der Waals surface area contributed by atoms with Gasteiger partial charge in [0, 0.05) is 18.7 Å². The number of methoxy groups -OCH3 is 1. The highest BCUT2D eigenvalue weighted by molar-refractivity contribution is 5.61. The average molecular weight is 276 g/mol. The Balaban J connectivity index is 2.17. The van der Waals surface area contributed by atoms with Crippen LogP contribution in [0.15, 0.2) is 30.6 Å². The summed E-state index contributed by atoms with van der Waals surface area (Å²) in [5.74, 6) is 1.43. The predicted octanol–water partition coefficient (Wildman–Crippen LogP) is 3.19. The van der Waals surface area contributed by atoms with Crippen LogP contribution in [0.2, 0.25) is 0 Å². The lowest BCUT2D eigenvalue weighted by molar-refractivity contribution is 0.414. The minimum absolute atomic E-state index is 0.310. The van der Waals surface area contributed by atoms with Gasteiger partial charge in [0.05, 0.1) is 12.8 Å². The number of hydrogen-bond acceptors (Lipinski definition) is 5. The Bertz CT molecular complexity index is 577. The maximum atomic E-state index is 13.7. The number of nitrogens with one attached hydrogen (secondary N) is 2. The molecule has 1 heterocycles. The number of ether oxygens (including phenoxy) is 1. The van der Waals surface area contributed by atoms with Crippen molar-refractivity contribution < 1.29 is 9.13 Å². The van der Waals surface area contributed by atoms with Crippen LogP contribution in [-0.2, 0) is 0 Å². The first kappa shape index (κ1) is 14.0. The minimum atomic E-state index is -0.368. The summed E-state index contributed by atoms with van der Waals surface area (Å²) in [6, 6.07) is 6.22. The largest absolute Gasteiger partial charge is 0.497 e. The summed E-state index contributed by atoms with van der Waals surface area (Å²) in [5.41, 5.74) is 0.310. The van der Waals surface area contributed by atoms with Crippen molar-refractivity contribution >= 4 is 17.3 Å². The highest BCUT2D eigenvalue weighted by Crippen LogP contribution is 2.24. The summed E-state index contributed by atoms with van der Waals surface area (Å²) >= 11 is 0. The molecule has 20 heavy (non-hydrogen) atoms. The molecule has 1 aromatic heterocycles. The van der Waals surface area contributed by atoms with Crippen LogP contribution in [0.4, 0.5) is 21.7 Å². The molecule has 0 unspecified atom stereocenters. The van der Waals surface area contributed by atoms with E-state index in [4.69, 9.17) is 4.74 Å². The average Bonchev–Trinajstić information content (AvgIpc) is 2.48. The van der Waals surface area contributed by atoms with Crippen LogP contribution in [0.5, 0.6) is 5.75 Å². The molecule has 106 valence electrons. The van der Waals surface area contributed by atoms with E-state index in [9.17, 15) is 4.39 Å². The molecule has 0 radical (unpaired) electrons. The molecule has 2 rings (SSSR count). The molecule has 0 atom stereocenters.